The maximum absolute atomic E-state index is 12.9. The number of hydrogen-bond acceptors (Lipinski definition) is 7. The van der Waals surface area contributed by atoms with Crippen molar-refractivity contribution in [1.29, 1.82) is 0 Å². The van der Waals surface area contributed by atoms with Crippen LogP contribution in [0.3, 0.4) is 0 Å². The summed E-state index contributed by atoms with van der Waals surface area (Å²) in [6.45, 7) is 5.23. The standard InChI is InChI=1S/C26H25N3O7/c1-26(2,3)36-25(33)28-20-13-16(8-10-21(20)34-4)27-22(30)15-7-9-18-19(12-15)24(32)29(23(18)31)14-17-6-5-11-35-17/h5-13H,14H2,1-4H3,(H,27,30)(H,28,33). The van der Waals surface area contributed by atoms with E-state index in [-0.39, 0.29) is 23.2 Å². The van der Waals surface area contributed by atoms with Crippen molar-refractivity contribution in [2.45, 2.75) is 32.9 Å². The number of imide groups is 1. The van der Waals surface area contributed by atoms with Gasteiger partial charge in [0.2, 0.25) is 0 Å². The van der Waals surface area contributed by atoms with Gasteiger partial charge in [0.05, 0.1) is 36.7 Å². The molecule has 4 rings (SSSR count). The molecule has 0 fully saturated rings. The van der Waals surface area contributed by atoms with Crippen molar-refractivity contribution in [3.05, 3.63) is 77.2 Å². The second-order valence-electron chi connectivity index (χ2n) is 9.03. The second-order valence-corrected chi connectivity index (χ2v) is 9.03. The Kier molecular flexibility index (Phi) is 6.52. The Bertz CT molecular complexity index is 1340. The van der Waals surface area contributed by atoms with Crippen LogP contribution in [0.1, 0.15) is 57.6 Å². The van der Waals surface area contributed by atoms with Crippen LogP contribution in [0.25, 0.3) is 0 Å². The first-order valence-corrected chi connectivity index (χ1v) is 11.1. The average molecular weight is 492 g/mol. The molecule has 0 aliphatic carbocycles. The van der Waals surface area contributed by atoms with Crippen molar-refractivity contribution in [3.8, 4) is 5.75 Å². The van der Waals surface area contributed by atoms with Gasteiger partial charge in [-0.15, -0.1) is 0 Å². The number of furan rings is 1. The second kappa shape index (κ2) is 9.57. The minimum absolute atomic E-state index is 0.000149. The van der Waals surface area contributed by atoms with E-state index in [1.54, 1.807) is 45.0 Å². The Morgan fingerprint density at radius 3 is 2.39 bits per heavy atom. The summed E-state index contributed by atoms with van der Waals surface area (Å²) in [7, 11) is 1.45. The largest absolute Gasteiger partial charge is 0.495 e. The summed E-state index contributed by atoms with van der Waals surface area (Å²) in [5.74, 6) is -0.619. The first-order valence-electron chi connectivity index (χ1n) is 11.1. The molecule has 0 spiro atoms. The van der Waals surface area contributed by atoms with Gasteiger partial charge in [-0.1, -0.05) is 0 Å². The number of rotatable bonds is 6. The van der Waals surface area contributed by atoms with Crippen LogP contribution in [0.5, 0.6) is 5.75 Å². The number of ether oxygens (including phenoxy) is 2. The molecular formula is C26H25N3O7. The number of carbonyl (C=O) groups excluding carboxylic acids is 4. The van der Waals surface area contributed by atoms with Crippen molar-refractivity contribution in [1.82, 2.24) is 4.90 Å². The average Bonchev–Trinajstić information content (AvgIpc) is 3.41. The van der Waals surface area contributed by atoms with E-state index in [4.69, 9.17) is 13.9 Å². The third kappa shape index (κ3) is 5.22. The molecule has 0 bridgehead atoms. The van der Waals surface area contributed by atoms with Gasteiger partial charge in [0.15, 0.2) is 0 Å². The molecule has 10 nitrogen and oxygen atoms in total. The van der Waals surface area contributed by atoms with Crippen molar-refractivity contribution in [2.75, 3.05) is 17.7 Å². The first-order chi connectivity index (χ1) is 17.1. The van der Waals surface area contributed by atoms with Gasteiger partial charge >= 0.3 is 6.09 Å². The predicted molar refractivity (Wildman–Crippen MR) is 130 cm³/mol. The number of anilines is 2. The number of carbonyl (C=O) groups is 4. The molecule has 1 aromatic heterocycles. The molecule has 0 radical (unpaired) electrons. The summed E-state index contributed by atoms with van der Waals surface area (Å²) >= 11 is 0. The molecule has 3 aromatic rings. The monoisotopic (exact) mass is 491 g/mol. The highest BCUT2D eigenvalue weighted by atomic mass is 16.6. The van der Waals surface area contributed by atoms with Crippen LogP contribution in [0.4, 0.5) is 16.2 Å². The molecule has 1 aliphatic heterocycles. The Labute approximate surface area is 207 Å². The lowest BCUT2D eigenvalue weighted by molar-refractivity contribution is 0.0620. The molecule has 2 heterocycles. The van der Waals surface area contributed by atoms with Crippen LogP contribution in [-0.2, 0) is 11.3 Å². The van der Waals surface area contributed by atoms with Gasteiger partial charge < -0.3 is 19.2 Å². The lowest BCUT2D eigenvalue weighted by Crippen LogP contribution is -2.28. The predicted octanol–water partition coefficient (Wildman–Crippen LogP) is 4.68. The van der Waals surface area contributed by atoms with Gasteiger partial charge in [0.1, 0.15) is 17.1 Å². The molecule has 0 saturated heterocycles. The normalized spacial score (nSPS) is 12.8. The number of nitrogens with zero attached hydrogens (tertiary/aromatic N) is 1. The maximum Gasteiger partial charge on any atom is 0.412 e. The summed E-state index contributed by atoms with van der Waals surface area (Å²) < 4.78 is 15.8. The number of hydrogen-bond donors (Lipinski definition) is 2. The molecule has 36 heavy (non-hydrogen) atoms. The van der Waals surface area contributed by atoms with E-state index in [2.05, 4.69) is 10.6 Å². The minimum atomic E-state index is -0.691. The summed E-state index contributed by atoms with van der Waals surface area (Å²) in [6, 6.07) is 12.4. The molecular weight excluding hydrogens is 466 g/mol. The van der Waals surface area contributed by atoms with E-state index in [0.717, 1.165) is 4.90 Å². The molecule has 0 atom stereocenters. The van der Waals surface area contributed by atoms with Crippen molar-refractivity contribution >= 4 is 35.2 Å². The fourth-order valence-corrected chi connectivity index (χ4v) is 3.63. The molecule has 0 unspecified atom stereocenters. The third-order valence-corrected chi connectivity index (χ3v) is 5.22. The van der Waals surface area contributed by atoms with Gasteiger partial charge in [-0.25, -0.2) is 4.79 Å². The SMILES string of the molecule is COc1ccc(NC(=O)c2ccc3c(c2)C(=O)N(Cc2ccco2)C3=O)cc1NC(=O)OC(C)(C)C. The summed E-state index contributed by atoms with van der Waals surface area (Å²) in [6.07, 6.45) is 0.786. The van der Waals surface area contributed by atoms with Crippen LogP contribution in [0.2, 0.25) is 0 Å². The molecule has 186 valence electrons. The van der Waals surface area contributed by atoms with E-state index in [9.17, 15) is 19.2 Å². The van der Waals surface area contributed by atoms with Gasteiger partial charge in [0.25, 0.3) is 17.7 Å². The Morgan fingerprint density at radius 2 is 1.72 bits per heavy atom. The van der Waals surface area contributed by atoms with E-state index >= 15 is 0 Å². The van der Waals surface area contributed by atoms with Crippen LogP contribution in [0.15, 0.2) is 59.2 Å². The minimum Gasteiger partial charge on any atom is -0.495 e. The first kappa shape index (κ1) is 24.5. The summed E-state index contributed by atoms with van der Waals surface area (Å²) in [5, 5.41) is 5.33. The number of methoxy groups -OCH3 is 1. The van der Waals surface area contributed by atoms with Gasteiger partial charge in [-0.3, -0.25) is 24.6 Å². The fraction of sp³-hybridized carbons (Fsp3) is 0.231. The fourth-order valence-electron chi connectivity index (χ4n) is 3.63. The molecule has 10 heteroatoms. The summed E-state index contributed by atoms with van der Waals surface area (Å²) in [5.41, 5.74) is 0.523. The summed E-state index contributed by atoms with van der Waals surface area (Å²) in [4.78, 5) is 51.7. The highest BCUT2D eigenvalue weighted by Crippen LogP contribution is 2.30. The number of nitrogens with one attached hydrogen (secondary N) is 2. The van der Waals surface area contributed by atoms with E-state index in [0.29, 0.717) is 22.9 Å². The van der Waals surface area contributed by atoms with Crippen LogP contribution in [0, 0.1) is 0 Å². The molecule has 4 amide bonds. The lowest BCUT2D eigenvalue weighted by Gasteiger charge is -2.20. The Hall–Kier alpha value is -4.60. The van der Waals surface area contributed by atoms with Crippen molar-refractivity contribution < 1.29 is 33.1 Å². The van der Waals surface area contributed by atoms with Crippen molar-refractivity contribution in [3.63, 3.8) is 0 Å². The van der Waals surface area contributed by atoms with E-state index in [1.165, 1.54) is 37.6 Å². The number of amides is 4. The molecule has 2 aromatic carbocycles. The van der Waals surface area contributed by atoms with E-state index < -0.39 is 29.4 Å². The molecule has 1 aliphatic rings. The zero-order valence-corrected chi connectivity index (χ0v) is 20.2. The molecule has 2 N–H and O–H groups in total. The Morgan fingerprint density at radius 1 is 0.972 bits per heavy atom. The quantitative estimate of drug-likeness (QED) is 0.479. The Balaban J connectivity index is 1.51. The van der Waals surface area contributed by atoms with Gasteiger partial charge in [-0.2, -0.15) is 0 Å². The topological polar surface area (TPSA) is 127 Å². The molecule has 0 saturated carbocycles. The van der Waals surface area contributed by atoms with E-state index in [1.807, 2.05) is 0 Å². The lowest BCUT2D eigenvalue weighted by atomic mass is 10.1. The maximum atomic E-state index is 12.9. The van der Waals surface area contributed by atoms with Crippen LogP contribution in [-0.4, -0.2) is 41.4 Å². The highest BCUT2D eigenvalue weighted by Gasteiger charge is 2.36. The van der Waals surface area contributed by atoms with Crippen LogP contribution >= 0.6 is 0 Å². The number of benzene rings is 2. The third-order valence-electron chi connectivity index (χ3n) is 5.22. The zero-order chi connectivity index (χ0) is 26.0. The number of fused-ring (bicyclic) bond motifs is 1. The van der Waals surface area contributed by atoms with Gasteiger partial charge in [-0.05, 0) is 69.3 Å². The van der Waals surface area contributed by atoms with Gasteiger partial charge in [0, 0.05) is 11.3 Å². The zero-order valence-electron chi connectivity index (χ0n) is 20.2. The van der Waals surface area contributed by atoms with Crippen molar-refractivity contribution in [2.24, 2.45) is 0 Å². The van der Waals surface area contributed by atoms with Crippen LogP contribution < -0.4 is 15.4 Å². The smallest absolute Gasteiger partial charge is 0.412 e. The highest BCUT2D eigenvalue weighted by molar-refractivity contribution is 6.22.